The lowest BCUT2D eigenvalue weighted by atomic mass is 10.1. The van der Waals surface area contributed by atoms with E-state index in [0.717, 1.165) is 10.9 Å². The van der Waals surface area contributed by atoms with E-state index in [0.29, 0.717) is 10.6 Å². The van der Waals surface area contributed by atoms with Crippen molar-refractivity contribution < 1.29 is 4.42 Å². The quantitative estimate of drug-likeness (QED) is 0.783. The van der Waals surface area contributed by atoms with Gasteiger partial charge in [0, 0.05) is 10.9 Å². The molecule has 0 N–H and O–H groups in total. The van der Waals surface area contributed by atoms with E-state index < -0.39 is 0 Å². The van der Waals surface area contributed by atoms with Gasteiger partial charge in [0.15, 0.2) is 4.67 Å². The highest BCUT2D eigenvalue weighted by Gasteiger charge is 2.04. The highest BCUT2D eigenvalue weighted by Crippen LogP contribution is 2.23. The predicted octanol–water partition coefficient (Wildman–Crippen LogP) is 4.00. The van der Waals surface area contributed by atoms with Gasteiger partial charge in [-0.05, 0) is 33.6 Å². The first-order chi connectivity index (χ1) is 6.79. The average molecular weight is 317 g/mol. The molecule has 0 saturated heterocycles. The van der Waals surface area contributed by atoms with E-state index in [9.17, 15) is 0 Å². The lowest BCUT2D eigenvalue weighted by molar-refractivity contribution is 0.549. The summed E-state index contributed by atoms with van der Waals surface area (Å²) in [6.45, 7) is 0. The Balaban J connectivity index is 2.41. The molecule has 0 atom stereocenters. The van der Waals surface area contributed by atoms with Crippen LogP contribution in [0.1, 0.15) is 5.56 Å². The molecule has 1 aromatic heterocycles. The summed E-state index contributed by atoms with van der Waals surface area (Å²) in [4.78, 5) is 4.13. The number of aromatic nitrogens is 1. The predicted molar refractivity (Wildman–Crippen MR) is 62.3 cm³/mol. The molecule has 4 heteroatoms. The van der Waals surface area contributed by atoms with Gasteiger partial charge in [0.1, 0.15) is 0 Å². The fraction of sp³-hybridized carbons (Fsp3) is 0.100. The Morgan fingerprint density at radius 3 is 2.86 bits per heavy atom. The van der Waals surface area contributed by atoms with Gasteiger partial charge >= 0.3 is 0 Å². The number of alkyl halides is 1. The molecule has 2 rings (SSSR count). The molecule has 0 aliphatic carbocycles. The third kappa shape index (κ3) is 2.07. The lowest BCUT2D eigenvalue weighted by Gasteiger charge is -1.98. The molecule has 0 bridgehead atoms. The van der Waals surface area contributed by atoms with Gasteiger partial charge < -0.3 is 4.42 Å². The molecule has 0 radical (unpaired) electrons. The minimum absolute atomic E-state index is 0.639. The van der Waals surface area contributed by atoms with Gasteiger partial charge in [-0.1, -0.05) is 28.1 Å². The van der Waals surface area contributed by atoms with Gasteiger partial charge in [-0.25, -0.2) is 4.98 Å². The first-order valence-corrected chi connectivity index (χ1v) is 5.97. The lowest BCUT2D eigenvalue weighted by Crippen LogP contribution is -1.80. The summed E-state index contributed by atoms with van der Waals surface area (Å²) in [5, 5.41) is 0.836. The number of halogens is 2. The largest absolute Gasteiger partial charge is 0.429 e. The number of hydrogen-bond acceptors (Lipinski definition) is 2. The zero-order valence-corrected chi connectivity index (χ0v) is 10.4. The van der Waals surface area contributed by atoms with E-state index in [1.54, 1.807) is 6.20 Å². The molecule has 0 aliphatic rings. The van der Waals surface area contributed by atoms with Crippen molar-refractivity contribution in [1.29, 1.82) is 0 Å². The van der Waals surface area contributed by atoms with Crippen LogP contribution in [-0.4, -0.2) is 4.98 Å². The van der Waals surface area contributed by atoms with Crippen LogP contribution in [0.3, 0.4) is 0 Å². The summed E-state index contributed by atoms with van der Waals surface area (Å²) in [7, 11) is 0. The van der Waals surface area contributed by atoms with Crippen LogP contribution in [-0.2, 0) is 5.33 Å². The molecular formula is C10H7Br2NO. The minimum Gasteiger partial charge on any atom is -0.429 e. The smallest absolute Gasteiger partial charge is 0.227 e. The van der Waals surface area contributed by atoms with Gasteiger partial charge in [-0.2, -0.15) is 0 Å². The molecular weight excluding hydrogens is 310 g/mol. The van der Waals surface area contributed by atoms with E-state index >= 15 is 0 Å². The summed E-state index contributed by atoms with van der Waals surface area (Å²) >= 11 is 6.64. The third-order valence-electron chi connectivity index (χ3n) is 1.81. The molecule has 0 aliphatic heterocycles. The highest BCUT2D eigenvalue weighted by atomic mass is 79.9. The molecule has 0 unspecified atom stereocenters. The zero-order valence-electron chi connectivity index (χ0n) is 7.21. The van der Waals surface area contributed by atoms with Crippen LogP contribution in [0, 0.1) is 0 Å². The average Bonchev–Trinajstić information content (AvgIpc) is 2.65. The van der Waals surface area contributed by atoms with Gasteiger partial charge in [0.05, 0.1) is 6.20 Å². The van der Waals surface area contributed by atoms with Crippen molar-refractivity contribution in [3.63, 3.8) is 0 Å². The van der Waals surface area contributed by atoms with E-state index in [-0.39, 0.29) is 0 Å². The second-order valence-electron chi connectivity index (χ2n) is 2.80. The molecule has 2 nitrogen and oxygen atoms in total. The van der Waals surface area contributed by atoms with E-state index in [2.05, 4.69) is 42.9 Å². The molecule has 1 aromatic carbocycles. The molecule has 0 saturated carbocycles. The first kappa shape index (κ1) is 9.93. The van der Waals surface area contributed by atoms with E-state index in [1.807, 2.05) is 18.2 Å². The normalized spacial score (nSPS) is 10.4. The molecule has 0 amide bonds. The maximum Gasteiger partial charge on any atom is 0.227 e. The van der Waals surface area contributed by atoms with Crippen LogP contribution in [0.2, 0.25) is 0 Å². The molecule has 2 aromatic rings. The van der Waals surface area contributed by atoms with E-state index in [4.69, 9.17) is 4.42 Å². The zero-order chi connectivity index (χ0) is 9.97. The Kier molecular flexibility index (Phi) is 3.03. The van der Waals surface area contributed by atoms with Gasteiger partial charge in [-0.3, -0.25) is 0 Å². The van der Waals surface area contributed by atoms with Gasteiger partial charge in [0.2, 0.25) is 5.89 Å². The van der Waals surface area contributed by atoms with Crippen LogP contribution >= 0.6 is 31.9 Å². The molecule has 0 spiro atoms. The number of rotatable bonds is 2. The SMILES string of the molecule is BrCc1cccc(-c2ncc(Br)o2)c1. The van der Waals surface area contributed by atoms with E-state index in [1.165, 1.54) is 5.56 Å². The van der Waals surface area contributed by atoms with Crippen molar-refractivity contribution in [2.45, 2.75) is 5.33 Å². The van der Waals surface area contributed by atoms with Crippen molar-refractivity contribution >= 4 is 31.9 Å². The number of benzene rings is 1. The van der Waals surface area contributed by atoms with Crippen molar-refractivity contribution in [3.8, 4) is 11.5 Å². The fourth-order valence-corrected chi connectivity index (χ4v) is 1.78. The number of hydrogen-bond donors (Lipinski definition) is 0. The van der Waals surface area contributed by atoms with Gasteiger partial charge in [-0.15, -0.1) is 0 Å². The Morgan fingerprint density at radius 2 is 2.21 bits per heavy atom. The van der Waals surface area contributed by atoms with Crippen LogP contribution in [0.4, 0.5) is 0 Å². The van der Waals surface area contributed by atoms with Crippen molar-refractivity contribution in [3.05, 3.63) is 40.7 Å². The summed E-state index contributed by atoms with van der Waals surface area (Å²) in [5.41, 5.74) is 2.20. The van der Waals surface area contributed by atoms with Gasteiger partial charge in [0.25, 0.3) is 0 Å². The Bertz CT molecular complexity index is 439. The molecule has 0 fully saturated rings. The summed E-state index contributed by atoms with van der Waals surface area (Å²) < 4.78 is 6.01. The maximum absolute atomic E-state index is 5.36. The van der Waals surface area contributed by atoms with Crippen LogP contribution < -0.4 is 0 Å². The first-order valence-electron chi connectivity index (χ1n) is 4.06. The fourth-order valence-electron chi connectivity index (χ4n) is 1.18. The Morgan fingerprint density at radius 1 is 1.36 bits per heavy atom. The number of oxazole rings is 1. The number of nitrogens with zero attached hydrogens (tertiary/aromatic N) is 1. The van der Waals surface area contributed by atoms with Crippen LogP contribution in [0.15, 0.2) is 39.5 Å². The summed E-state index contributed by atoms with van der Waals surface area (Å²) in [5.74, 6) is 0.639. The Labute approximate surface area is 98.6 Å². The Hall–Kier alpha value is -0.610. The maximum atomic E-state index is 5.36. The summed E-state index contributed by atoms with van der Waals surface area (Å²) in [6, 6.07) is 8.07. The second kappa shape index (κ2) is 4.28. The molecule has 14 heavy (non-hydrogen) atoms. The van der Waals surface area contributed by atoms with Crippen molar-refractivity contribution in [2.24, 2.45) is 0 Å². The topological polar surface area (TPSA) is 26.0 Å². The monoisotopic (exact) mass is 315 g/mol. The third-order valence-corrected chi connectivity index (χ3v) is 2.82. The van der Waals surface area contributed by atoms with Crippen molar-refractivity contribution in [2.75, 3.05) is 0 Å². The second-order valence-corrected chi connectivity index (χ2v) is 4.15. The molecule has 72 valence electrons. The highest BCUT2D eigenvalue weighted by molar-refractivity contribution is 9.10. The minimum atomic E-state index is 0.639. The standard InChI is InChI=1S/C10H7Br2NO/c11-5-7-2-1-3-8(4-7)10-13-6-9(12)14-10/h1-4,6H,5H2. The van der Waals surface area contributed by atoms with Crippen LogP contribution in [0.25, 0.3) is 11.5 Å². The van der Waals surface area contributed by atoms with Crippen LogP contribution in [0.5, 0.6) is 0 Å². The van der Waals surface area contributed by atoms with Crippen molar-refractivity contribution in [1.82, 2.24) is 4.98 Å². The summed E-state index contributed by atoms with van der Waals surface area (Å²) in [6.07, 6.45) is 1.65. The molecule has 1 heterocycles.